The van der Waals surface area contributed by atoms with Gasteiger partial charge in [-0.15, -0.1) is 0 Å². The van der Waals surface area contributed by atoms with Crippen LogP contribution in [0.5, 0.6) is 0 Å². The lowest BCUT2D eigenvalue weighted by atomic mass is 10.0. The van der Waals surface area contributed by atoms with E-state index in [1.54, 1.807) is 44.1 Å². The smallest absolute Gasteiger partial charge is 0.323 e. The summed E-state index contributed by atoms with van der Waals surface area (Å²) in [5.74, 6) is -0.172. The van der Waals surface area contributed by atoms with Gasteiger partial charge in [-0.3, -0.25) is 14.7 Å². The van der Waals surface area contributed by atoms with Crippen LogP contribution in [0.15, 0.2) is 28.9 Å². The maximum Gasteiger partial charge on any atom is 0.323 e. The van der Waals surface area contributed by atoms with Gasteiger partial charge in [0.05, 0.1) is 6.54 Å². The van der Waals surface area contributed by atoms with E-state index in [9.17, 15) is 4.79 Å². The molecular weight excluding hydrogens is 260 g/mol. The molecule has 7 nitrogen and oxygen atoms in total. The van der Waals surface area contributed by atoms with Crippen LogP contribution in [0.25, 0.3) is 11.5 Å². The van der Waals surface area contributed by atoms with E-state index in [0.29, 0.717) is 17.4 Å². The molecule has 0 fully saturated rings. The molecular formula is C13H16N4O3. The molecule has 0 radical (unpaired) electrons. The summed E-state index contributed by atoms with van der Waals surface area (Å²) in [4.78, 5) is 21.1. The van der Waals surface area contributed by atoms with Gasteiger partial charge in [0.15, 0.2) is 0 Å². The predicted octanol–water partition coefficient (Wildman–Crippen LogP) is 1.43. The van der Waals surface area contributed by atoms with Crippen molar-refractivity contribution in [2.75, 3.05) is 7.05 Å². The normalized spacial score (nSPS) is 11.8. The standard InChI is InChI=1S/C13H16N4O3/c1-13(2,12(18)19)17(3)8-10-15-11(16-20-10)9-6-4-5-7-14-9/h4-7H,8H2,1-3H3,(H,18,19). The average molecular weight is 276 g/mol. The van der Waals surface area contributed by atoms with E-state index in [-0.39, 0.29) is 6.54 Å². The third kappa shape index (κ3) is 2.83. The number of likely N-dealkylation sites (N-methyl/N-ethyl adjacent to an activating group) is 1. The number of aliphatic carboxylic acids is 1. The van der Waals surface area contributed by atoms with Gasteiger partial charge in [0, 0.05) is 6.20 Å². The highest BCUT2D eigenvalue weighted by atomic mass is 16.5. The minimum absolute atomic E-state index is 0.249. The van der Waals surface area contributed by atoms with Crippen LogP contribution in [-0.2, 0) is 11.3 Å². The Labute approximate surface area is 116 Å². The third-order valence-corrected chi connectivity index (χ3v) is 3.21. The zero-order valence-electron chi connectivity index (χ0n) is 11.6. The maximum atomic E-state index is 11.2. The number of pyridine rings is 1. The fourth-order valence-electron chi connectivity index (χ4n) is 1.48. The van der Waals surface area contributed by atoms with Gasteiger partial charge in [0.2, 0.25) is 11.7 Å². The molecule has 7 heteroatoms. The second kappa shape index (κ2) is 5.38. The van der Waals surface area contributed by atoms with E-state index in [0.717, 1.165) is 0 Å². The molecule has 0 aliphatic rings. The lowest BCUT2D eigenvalue weighted by Crippen LogP contribution is -2.47. The van der Waals surface area contributed by atoms with Gasteiger partial charge in [-0.25, -0.2) is 0 Å². The van der Waals surface area contributed by atoms with E-state index in [1.807, 2.05) is 6.07 Å². The molecule has 0 spiro atoms. The molecule has 0 aliphatic carbocycles. The van der Waals surface area contributed by atoms with Crippen molar-refractivity contribution in [3.63, 3.8) is 0 Å². The number of aromatic nitrogens is 3. The van der Waals surface area contributed by atoms with Gasteiger partial charge in [-0.05, 0) is 33.0 Å². The lowest BCUT2D eigenvalue weighted by Gasteiger charge is -2.29. The van der Waals surface area contributed by atoms with Crippen molar-refractivity contribution in [2.24, 2.45) is 0 Å². The van der Waals surface area contributed by atoms with Crippen LogP contribution in [0.3, 0.4) is 0 Å². The Hall–Kier alpha value is -2.28. The van der Waals surface area contributed by atoms with Gasteiger partial charge in [-0.2, -0.15) is 4.98 Å². The molecule has 0 unspecified atom stereocenters. The first-order valence-corrected chi connectivity index (χ1v) is 6.10. The monoisotopic (exact) mass is 276 g/mol. The van der Waals surface area contributed by atoms with Crippen LogP contribution in [0.1, 0.15) is 19.7 Å². The molecule has 1 N–H and O–H groups in total. The Bertz CT molecular complexity index is 595. The first-order valence-electron chi connectivity index (χ1n) is 6.10. The summed E-state index contributed by atoms with van der Waals surface area (Å²) in [5, 5.41) is 13.0. The number of carboxylic acids is 1. The Morgan fingerprint density at radius 1 is 1.45 bits per heavy atom. The summed E-state index contributed by atoms with van der Waals surface area (Å²) < 4.78 is 5.13. The molecule has 0 saturated carbocycles. The van der Waals surface area contributed by atoms with Crippen LogP contribution in [-0.4, -0.2) is 43.7 Å². The topological polar surface area (TPSA) is 92.4 Å². The van der Waals surface area contributed by atoms with Gasteiger partial charge >= 0.3 is 5.97 Å². The highest BCUT2D eigenvalue weighted by Gasteiger charge is 2.33. The molecule has 0 aromatic carbocycles. The molecule has 0 bridgehead atoms. The number of rotatable bonds is 5. The number of carbonyl (C=O) groups is 1. The first kappa shape index (κ1) is 14.1. The average Bonchev–Trinajstić information content (AvgIpc) is 2.88. The largest absolute Gasteiger partial charge is 0.480 e. The second-order valence-electron chi connectivity index (χ2n) is 4.95. The van der Waals surface area contributed by atoms with Crippen molar-refractivity contribution in [1.29, 1.82) is 0 Å². The van der Waals surface area contributed by atoms with E-state index in [1.165, 1.54) is 0 Å². The zero-order valence-corrected chi connectivity index (χ0v) is 11.6. The molecule has 20 heavy (non-hydrogen) atoms. The Balaban J connectivity index is 2.13. The van der Waals surface area contributed by atoms with Crippen molar-refractivity contribution in [1.82, 2.24) is 20.0 Å². The summed E-state index contributed by atoms with van der Waals surface area (Å²) >= 11 is 0. The van der Waals surface area contributed by atoms with Gasteiger partial charge in [0.25, 0.3) is 0 Å². The Morgan fingerprint density at radius 2 is 2.20 bits per heavy atom. The second-order valence-corrected chi connectivity index (χ2v) is 4.95. The fraction of sp³-hybridized carbons (Fsp3) is 0.385. The van der Waals surface area contributed by atoms with Crippen molar-refractivity contribution >= 4 is 5.97 Å². The quantitative estimate of drug-likeness (QED) is 0.882. The molecule has 0 aliphatic heterocycles. The van der Waals surface area contributed by atoms with Gasteiger partial charge in [0.1, 0.15) is 11.2 Å². The number of hydrogen-bond donors (Lipinski definition) is 1. The molecule has 0 saturated heterocycles. The lowest BCUT2D eigenvalue weighted by molar-refractivity contribution is -0.149. The van der Waals surface area contributed by atoms with Crippen LogP contribution < -0.4 is 0 Å². The van der Waals surface area contributed by atoms with Crippen LogP contribution in [0.4, 0.5) is 0 Å². The minimum Gasteiger partial charge on any atom is -0.480 e. The van der Waals surface area contributed by atoms with E-state index in [2.05, 4.69) is 15.1 Å². The van der Waals surface area contributed by atoms with Crippen molar-refractivity contribution in [3.05, 3.63) is 30.3 Å². The minimum atomic E-state index is -1.01. The molecule has 0 atom stereocenters. The zero-order chi connectivity index (χ0) is 14.8. The molecule has 2 aromatic heterocycles. The number of nitrogens with zero attached hydrogens (tertiary/aromatic N) is 4. The third-order valence-electron chi connectivity index (χ3n) is 3.21. The van der Waals surface area contributed by atoms with Crippen LogP contribution in [0.2, 0.25) is 0 Å². The summed E-state index contributed by atoms with van der Waals surface area (Å²) in [7, 11) is 1.69. The van der Waals surface area contributed by atoms with E-state index >= 15 is 0 Å². The maximum absolute atomic E-state index is 11.2. The highest BCUT2D eigenvalue weighted by Crippen LogP contribution is 2.17. The Morgan fingerprint density at radius 3 is 2.80 bits per heavy atom. The van der Waals surface area contributed by atoms with E-state index < -0.39 is 11.5 Å². The molecule has 2 heterocycles. The van der Waals surface area contributed by atoms with Gasteiger partial charge in [-0.1, -0.05) is 11.2 Å². The number of carboxylic acid groups (broad SMARTS) is 1. The molecule has 0 amide bonds. The summed E-state index contributed by atoms with van der Waals surface area (Å²) in [6.07, 6.45) is 1.64. The van der Waals surface area contributed by atoms with Crippen LogP contribution >= 0.6 is 0 Å². The van der Waals surface area contributed by atoms with Crippen LogP contribution in [0, 0.1) is 0 Å². The van der Waals surface area contributed by atoms with Crippen molar-refractivity contribution in [2.45, 2.75) is 25.9 Å². The van der Waals surface area contributed by atoms with Gasteiger partial charge < -0.3 is 9.63 Å². The number of hydrogen-bond acceptors (Lipinski definition) is 6. The van der Waals surface area contributed by atoms with Crippen molar-refractivity contribution in [3.8, 4) is 11.5 Å². The molecule has 2 rings (SSSR count). The summed E-state index contributed by atoms with van der Waals surface area (Å²) in [6.45, 7) is 3.48. The first-order chi connectivity index (χ1) is 9.41. The van der Waals surface area contributed by atoms with E-state index in [4.69, 9.17) is 9.63 Å². The Kier molecular flexibility index (Phi) is 3.80. The highest BCUT2D eigenvalue weighted by molar-refractivity contribution is 5.77. The SMILES string of the molecule is CN(Cc1nc(-c2ccccn2)no1)C(C)(C)C(=O)O. The fourth-order valence-corrected chi connectivity index (χ4v) is 1.48. The molecule has 106 valence electrons. The summed E-state index contributed by atoms with van der Waals surface area (Å²) in [5.41, 5.74) is -0.401. The predicted molar refractivity (Wildman–Crippen MR) is 70.7 cm³/mol. The summed E-state index contributed by atoms with van der Waals surface area (Å²) in [6, 6.07) is 5.41. The molecule has 2 aromatic rings. The van der Waals surface area contributed by atoms with Crippen molar-refractivity contribution < 1.29 is 14.4 Å².